The average molecular weight is 299 g/mol. The molecule has 0 unspecified atom stereocenters. The van der Waals surface area contributed by atoms with Crippen LogP contribution < -0.4 is 10.6 Å². The maximum atomic E-state index is 11.6. The Labute approximate surface area is 111 Å². The number of carbonyl (C=O) groups excluding carboxylic acids is 1. The molecule has 2 amide bonds. The van der Waals surface area contributed by atoms with Crippen LogP contribution >= 0.6 is 15.9 Å². The molecule has 0 saturated heterocycles. The zero-order valence-corrected chi connectivity index (χ0v) is 12.0. The normalized spacial score (nSPS) is 12.3. The molecule has 0 radical (unpaired) electrons. The predicted octanol–water partition coefficient (Wildman–Crippen LogP) is 3.47. The van der Waals surface area contributed by atoms with Crippen molar-refractivity contribution in [1.29, 1.82) is 0 Å². The molecule has 0 fully saturated rings. The van der Waals surface area contributed by atoms with Gasteiger partial charge < -0.3 is 10.6 Å². The molecule has 0 spiro atoms. The minimum Gasteiger partial charge on any atom is -0.338 e. The number of nitrogens with one attached hydrogen (secondary N) is 2. The van der Waals surface area contributed by atoms with Gasteiger partial charge in [-0.1, -0.05) is 41.9 Å². The zero-order chi connectivity index (χ0) is 12.8. The number of benzene rings is 1. The Balaban J connectivity index is 2.46. The van der Waals surface area contributed by atoms with E-state index in [9.17, 15) is 4.79 Å². The fourth-order valence-corrected chi connectivity index (χ4v) is 1.64. The van der Waals surface area contributed by atoms with E-state index < -0.39 is 0 Å². The van der Waals surface area contributed by atoms with Gasteiger partial charge in [-0.15, -0.1) is 0 Å². The molecule has 1 rings (SSSR count). The minimum absolute atomic E-state index is 0.00950. The summed E-state index contributed by atoms with van der Waals surface area (Å²) in [6.07, 6.45) is 0. The lowest BCUT2D eigenvalue weighted by Gasteiger charge is -2.16. The molecule has 1 atom stereocenters. The molecule has 17 heavy (non-hydrogen) atoms. The minimum atomic E-state index is -0.117. The van der Waals surface area contributed by atoms with E-state index in [0.29, 0.717) is 12.5 Å². The zero-order valence-electron chi connectivity index (χ0n) is 10.5. The number of halogens is 1. The van der Waals surface area contributed by atoms with E-state index in [1.54, 1.807) is 0 Å². The first-order valence-electron chi connectivity index (χ1n) is 5.79. The molecule has 0 aliphatic rings. The van der Waals surface area contributed by atoms with Crippen LogP contribution in [-0.2, 0) is 0 Å². The standard InChI is InChI=1S/C13H19BrN2O/c1-9(2)8-15-13(17)16-10(3)11-4-6-12(14)7-5-11/h4-7,9-10H,8H2,1-3H3,(H2,15,16,17)/t10-/m1/s1. The van der Waals surface area contributed by atoms with Crippen molar-refractivity contribution in [3.8, 4) is 0 Å². The molecule has 0 bridgehead atoms. The summed E-state index contributed by atoms with van der Waals surface area (Å²) in [4.78, 5) is 11.6. The highest BCUT2D eigenvalue weighted by Crippen LogP contribution is 2.16. The van der Waals surface area contributed by atoms with Crippen molar-refractivity contribution in [1.82, 2.24) is 10.6 Å². The topological polar surface area (TPSA) is 41.1 Å². The maximum Gasteiger partial charge on any atom is 0.315 e. The van der Waals surface area contributed by atoms with Crippen molar-refractivity contribution in [3.05, 3.63) is 34.3 Å². The average Bonchev–Trinajstić information content (AvgIpc) is 2.27. The third-order valence-corrected chi connectivity index (χ3v) is 2.92. The van der Waals surface area contributed by atoms with Gasteiger partial charge in [0.05, 0.1) is 6.04 Å². The van der Waals surface area contributed by atoms with E-state index in [-0.39, 0.29) is 12.1 Å². The van der Waals surface area contributed by atoms with Gasteiger partial charge in [0.25, 0.3) is 0 Å². The number of carbonyl (C=O) groups is 1. The molecule has 1 aromatic carbocycles. The summed E-state index contributed by atoms with van der Waals surface area (Å²) in [5.74, 6) is 0.462. The first-order valence-corrected chi connectivity index (χ1v) is 6.58. The third-order valence-electron chi connectivity index (χ3n) is 2.39. The summed E-state index contributed by atoms with van der Waals surface area (Å²) in [5.41, 5.74) is 1.09. The van der Waals surface area contributed by atoms with E-state index in [4.69, 9.17) is 0 Å². The molecule has 2 N–H and O–H groups in total. The lowest BCUT2D eigenvalue weighted by Crippen LogP contribution is -2.38. The van der Waals surface area contributed by atoms with Crippen molar-refractivity contribution < 1.29 is 4.79 Å². The Bertz CT molecular complexity index is 362. The maximum absolute atomic E-state index is 11.6. The van der Waals surface area contributed by atoms with Gasteiger partial charge in [0.15, 0.2) is 0 Å². The van der Waals surface area contributed by atoms with Crippen LogP contribution in [0.25, 0.3) is 0 Å². The molecule has 0 aromatic heterocycles. The summed E-state index contributed by atoms with van der Waals surface area (Å²) in [6, 6.07) is 7.83. The first kappa shape index (κ1) is 14.0. The van der Waals surface area contributed by atoms with Gasteiger partial charge in [-0.25, -0.2) is 4.79 Å². The van der Waals surface area contributed by atoms with E-state index >= 15 is 0 Å². The summed E-state index contributed by atoms with van der Waals surface area (Å²) >= 11 is 3.39. The molecule has 0 saturated carbocycles. The van der Waals surface area contributed by atoms with Crippen molar-refractivity contribution in [2.24, 2.45) is 5.92 Å². The quantitative estimate of drug-likeness (QED) is 0.878. The van der Waals surface area contributed by atoms with Crippen molar-refractivity contribution in [3.63, 3.8) is 0 Å². The Morgan fingerprint density at radius 1 is 1.24 bits per heavy atom. The Morgan fingerprint density at radius 3 is 2.35 bits per heavy atom. The van der Waals surface area contributed by atoms with Crippen LogP contribution in [0.5, 0.6) is 0 Å². The Hall–Kier alpha value is -1.03. The molecule has 4 heteroatoms. The van der Waals surface area contributed by atoms with Crippen LogP contribution in [0.15, 0.2) is 28.7 Å². The van der Waals surface area contributed by atoms with Gasteiger partial charge in [0.2, 0.25) is 0 Å². The van der Waals surface area contributed by atoms with Crippen LogP contribution in [0.1, 0.15) is 32.4 Å². The molecule has 0 aliphatic heterocycles. The fraction of sp³-hybridized carbons (Fsp3) is 0.462. The first-order chi connectivity index (χ1) is 7.99. The Kier molecular flexibility index (Phi) is 5.48. The van der Waals surface area contributed by atoms with E-state index in [2.05, 4.69) is 40.4 Å². The number of rotatable bonds is 4. The van der Waals surface area contributed by atoms with E-state index in [1.165, 1.54) is 0 Å². The predicted molar refractivity (Wildman–Crippen MR) is 73.9 cm³/mol. The van der Waals surface area contributed by atoms with Crippen LogP contribution in [-0.4, -0.2) is 12.6 Å². The van der Waals surface area contributed by atoms with Crippen molar-refractivity contribution in [2.75, 3.05) is 6.54 Å². The van der Waals surface area contributed by atoms with Gasteiger partial charge in [0, 0.05) is 11.0 Å². The van der Waals surface area contributed by atoms with Crippen molar-refractivity contribution in [2.45, 2.75) is 26.8 Å². The fourth-order valence-electron chi connectivity index (χ4n) is 1.38. The second-order valence-electron chi connectivity index (χ2n) is 4.52. The smallest absolute Gasteiger partial charge is 0.315 e. The SMILES string of the molecule is CC(C)CNC(=O)N[C@H](C)c1ccc(Br)cc1. The number of hydrogen-bond acceptors (Lipinski definition) is 1. The molecular formula is C13H19BrN2O. The second-order valence-corrected chi connectivity index (χ2v) is 5.44. The van der Waals surface area contributed by atoms with Crippen LogP contribution in [0.2, 0.25) is 0 Å². The lowest BCUT2D eigenvalue weighted by atomic mass is 10.1. The summed E-state index contributed by atoms with van der Waals surface area (Å²) in [7, 11) is 0. The Morgan fingerprint density at radius 2 is 1.82 bits per heavy atom. The van der Waals surface area contributed by atoms with Gasteiger partial charge in [0.1, 0.15) is 0 Å². The molecule has 0 heterocycles. The number of urea groups is 1. The second kappa shape index (κ2) is 6.64. The summed E-state index contributed by atoms with van der Waals surface area (Å²) in [5, 5.41) is 5.74. The highest BCUT2D eigenvalue weighted by molar-refractivity contribution is 9.10. The molecule has 94 valence electrons. The van der Waals surface area contributed by atoms with Gasteiger partial charge in [-0.2, -0.15) is 0 Å². The van der Waals surface area contributed by atoms with E-state index in [0.717, 1.165) is 10.0 Å². The monoisotopic (exact) mass is 298 g/mol. The third kappa shape index (κ3) is 5.22. The van der Waals surface area contributed by atoms with Gasteiger partial charge in [-0.3, -0.25) is 0 Å². The van der Waals surface area contributed by atoms with Gasteiger partial charge in [-0.05, 0) is 30.5 Å². The highest BCUT2D eigenvalue weighted by Gasteiger charge is 2.08. The molecule has 1 aromatic rings. The van der Waals surface area contributed by atoms with Crippen LogP contribution in [0.3, 0.4) is 0 Å². The molecular weight excluding hydrogens is 280 g/mol. The van der Waals surface area contributed by atoms with Gasteiger partial charge >= 0.3 is 6.03 Å². The summed E-state index contributed by atoms with van der Waals surface area (Å²) < 4.78 is 1.04. The lowest BCUT2D eigenvalue weighted by molar-refractivity contribution is 0.236. The van der Waals surface area contributed by atoms with Crippen molar-refractivity contribution >= 4 is 22.0 Å². The highest BCUT2D eigenvalue weighted by atomic mass is 79.9. The molecule has 0 aliphatic carbocycles. The summed E-state index contributed by atoms with van der Waals surface area (Å²) in [6.45, 7) is 6.80. The van der Waals surface area contributed by atoms with Crippen LogP contribution in [0, 0.1) is 5.92 Å². The number of hydrogen-bond donors (Lipinski definition) is 2. The van der Waals surface area contributed by atoms with Crippen LogP contribution in [0.4, 0.5) is 4.79 Å². The van der Waals surface area contributed by atoms with E-state index in [1.807, 2.05) is 31.2 Å². The number of amides is 2. The largest absolute Gasteiger partial charge is 0.338 e. The molecule has 3 nitrogen and oxygen atoms in total.